The van der Waals surface area contributed by atoms with E-state index in [9.17, 15) is 4.79 Å². The average Bonchev–Trinajstić information content (AvgIpc) is 2.43. The lowest BCUT2D eigenvalue weighted by Gasteiger charge is -2.21. The Morgan fingerprint density at radius 2 is 1.86 bits per heavy atom. The van der Waals surface area contributed by atoms with Crippen LogP contribution in [0, 0.1) is 19.8 Å². The molecule has 0 N–H and O–H groups in total. The zero-order chi connectivity index (χ0) is 15.4. The maximum absolute atomic E-state index is 12.6. The summed E-state index contributed by atoms with van der Waals surface area (Å²) in [7, 11) is 0. The number of carbonyl (C=O) groups is 1. The zero-order valence-corrected chi connectivity index (χ0v) is 14.2. The van der Waals surface area contributed by atoms with Crippen molar-refractivity contribution in [1.82, 2.24) is 0 Å². The van der Waals surface area contributed by atoms with Crippen LogP contribution in [0.15, 0.2) is 17.1 Å². The summed E-state index contributed by atoms with van der Waals surface area (Å²) < 4.78 is 0. The second kappa shape index (κ2) is 7.26. The first kappa shape index (κ1) is 16.3. The van der Waals surface area contributed by atoms with Gasteiger partial charge in [-0.25, -0.2) is 4.99 Å². The molecule has 0 unspecified atom stereocenters. The molecular weight excluding hydrogens is 278 g/mol. The molecule has 0 heterocycles. The number of hydrogen-bond donors (Lipinski definition) is 1. The van der Waals surface area contributed by atoms with Crippen LogP contribution in [-0.4, -0.2) is 10.8 Å². The molecule has 0 spiro atoms. The lowest BCUT2D eigenvalue weighted by Crippen LogP contribution is -2.13. The molecule has 0 radical (unpaired) electrons. The maximum atomic E-state index is 12.6. The topological polar surface area (TPSA) is 29.4 Å². The van der Waals surface area contributed by atoms with Crippen molar-refractivity contribution < 1.29 is 4.79 Å². The summed E-state index contributed by atoms with van der Waals surface area (Å²) in [6.07, 6.45) is 7.03. The molecule has 0 bridgehead atoms. The van der Waals surface area contributed by atoms with Gasteiger partial charge in [0.05, 0.1) is 10.7 Å². The normalized spacial score (nSPS) is 17.0. The second-order valence-electron chi connectivity index (χ2n) is 6.24. The van der Waals surface area contributed by atoms with Crippen LogP contribution in [0.4, 0.5) is 5.69 Å². The van der Waals surface area contributed by atoms with Crippen LogP contribution in [0.25, 0.3) is 0 Å². The van der Waals surface area contributed by atoms with E-state index in [1.54, 1.807) is 0 Å². The summed E-state index contributed by atoms with van der Waals surface area (Å²) in [5.74, 6) is 0.879. The summed E-state index contributed by atoms with van der Waals surface area (Å²) in [6, 6.07) is 4.00. The molecule has 0 atom stereocenters. The van der Waals surface area contributed by atoms with Crippen molar-refractivity contribution in [3.63, 3.8) is 0 Å². The van der Waals surface area contributed by atoms with Crippen LogP contribution in [0.5, 0.6) is 0 Å². The van der Waals surface area contributed by atoms with Crippen molar-refractivity contribution in [2.75, 3.05) is 0 Å². The van der Waals surface area contributed by atoms with Gasteiger partial charge in [-0.3, -0.25) is 4.79 Å². The molecule has 2 rings (SSSR count). The summed E-state index contributed by atoms with van der Waals surface area (Å²) in [5, 5.41) is 0.735. The van der Waals surface area contributed by atoms with E-state index < -0.39 is 0 Å². The SMILES string of the molecule is C/C(S)=N/c1cc(C)c(C(=O)CC2CCCCC2)cc1C. The Kier molecular flexibility index (Phi) is 5.63. The molecule has 0 amide bonds. The van der Waals surface area contributed by atoms with E-state index in [2.05, 4.69) is 17.6 Å². The first-order valence-electron chi connectivity index (χ1n) is 7.86. The Hall–Kier alpha value is -1.09. The highest BCUT2D eigenvalue weighted by atomic mass is 32.1. The van der Waals surface area contributed by atoms with Gasteiger partial charge in [0.15, 0.2) is 5.78 Å². The largest absolute Gasteiger partial charge is 0.294 e. The number of hydrogen-bond acceptors (Lipinski definition) is 2. The van der Waals surface area contributed by atoms with Gasteiger partial charge in [0.1, 0.15) is 0 Å². The van der Waals surface area contributed by atoms with Gasteiger partial charge < -0.3 is 0 Å². The summed E-state index contributed by atoms with van der Waals surface area (Å²) >= 11 is 4.23. The highest BCUT2D eigenvalue weighted by Crippen LogP contribution is 2.30. The highest BCUT2D eigenvalue weighted by molar-refractivity contribution is 7.96. The lowest BCUT2D eigenvalue weighted by atomic mass is 9.84. The lowest BCUT2D eigenvalue weighted by molar-refractivity contribution is 0.0949. The minimum atomic E-state index is 0.292. The molecule has 1 aromatic carbocycles. The van der Waals surface area contributed by atoms with Crippen molar-refractivity contribution in [1.29, 1.82) is 0 Å². The Morgan fingerprint density at radius 1 is 1.19 bits per heavy atom. The molecule has 0 aliphatic heterocycles. The van der Waals surface area contributed by atoms with E-state index in [4.69, 9.17) is 0 Å². The van der Waals surface area contributed by atoms with Crippen LogP contribution in [0.2, 0.25) is 0 Å². The average molecular weight is 303 g/mol. The van der Waals surface area contributed by atoms with Crippen LogP contribution in [-0.2, 0) is 0 Å². The third kappa shape index (κ3) is 4.44. The number of rotatable bonds is 4. The number of aryl methyl sites for hydroxylation is 2. The number of carbonyl (C=O) groups excluding carboxylic acids is 1. The van der Waals surface area contributed by atoms with Gasteiger partial charge in [-0.05, 0) is 49.9 Å². The van der Waals surface area contributed by atoms with Gasteiger partial charge in [0, 0.05) is 12.0 Å². The fraction of sp³-hybridized carbons (Fsp3) is 0.556. The van der Waals surface area contributed by atoms with E-state index in [0.717, 1.165) is 27.4 Å². The summed E-state index contributed by atoms with van der Waals surface area (Å²) in [5.41, 5.74) is 3.85. The van der Waals surface area contributed by atoms with Crippen LogP contribution in [0.3, 0.4) is 0 Å². The number of aliphatic imine (C=N–C) groups is 1. The van der Waals surface area contributed by atoms with Gasteiger partial charge >= 0.3 is 0 Å². The third-order valence-electron chi connectivity index (χ3n) is 4.32. The highest BCUT2D eigenvalue weighted by Gasteiger charge is 2.19. The maximum Gasteiger partial charge on any atom is 0.163 e. The molecule has 21 heavy (non-hydrogen) atoms. The zero-order valence-electron chi connectivity index (χ0n) is 13.3. The van der Waals surface area contributed by atoms with Gasteiger partial charge in [-0.2, -0.15) is 0 Å². The van der Waals surface area contributed by atoms with Crippen LogP contribution in [0.1, 0.15) is 66.9 Å². The molecule has 114 valence electrons. The molecule has 3 heteroatoms. The fourth-order valence-corrected chi connectivity index (χ4v) is 3.27. The second-order valence-corrected chi connectivity index (χ2v) is 6.89. The molecular formula is C18H25NOS. The summed E-state index contributed by atoms with van der Waals surface area (Å²) in [4.78, 5) is 17.0. The summed E-state index contributed by atoms with van der Waals surface area (Å²) in [6.45, 7) is 5.87. The fourth-order valence-electron chi connectivity index (χ4n) is 3.16. The van der Waals surface area contributed by atoms with E-state index in [0.29, 0.717) is 18.1 Å². The quantitative estimate of drug-likeness (QED) is 0.341. The number of ketones is 1. The van der Waals surface area contributed by atoms with Crippen molar-refractivity contribution in [2.24, 2.45) is 10.9 Å². The smallest absolute Gasteiger partial charge is 0.163 e. The Balaban J connectivity index is 2.17. The molecule has 1 aromatic rings. The molecule has 1 aliphatic rings. The van der Waals surface area contributed by atoms with Crippen molar-refractivity contribution in [3.05, 3.63) is 28.8 Å². The molecule has 1 saturated carbocycles. The first-order valence-corrected chi connectivity index (χ1v) is 8.31. The van der Waals surface area contributed by atoms with Gasteiger partial charge in [-0.1, -0.05) is 32.1 Å². The molecule has 1 fully saturated rings. The first-order chi connectivity index (χ1) is 9.97. The Bertz CT molecular complexity index is 553. The van der Waals surface area contributed by atoms with E-state index in [1.807, 2.05) is 32.9 Å². The Labute approximate surface area is 133 Å². The van der Waals surface area contributed by atoms with Crippen molar-refractivity contribution >= 4 is 29.1 Å². The van der Waals surface area contributed by atoms with Crippen LogP contribution < -0.4 is 0 Å². The van der Waals surface area contributed by atoms with Gasteiger partial charge in [0.25, 0.3) is 0 Å². The monoisotopic (exact) mass is 303 g/mol. The van der Waals surface area contributed by atoms with E-state index >= 15 is 0 Å². The minimum absolute atomic E-state index is 0.292. The predicted molar refractivity (Wildman–Crippen MR) is 93.2 cm³/mol. The number of nitrogens with zero attached hydrogens (tertiary/aromatic N) is 1. The van der Waals surface area contributed by atoms with Gasteiger partial charge in [-0.15, -0.1) is 12.6 Å². The van der Waals surface area contributed by atoms with Crippen LogP contribution >= 0.6 is 12.6 Å². The Morgan fingerprint density at radius 3 is 2.48 bits per heavy atom. The molecule has 0 aromatic heterocycles. The minimum Gasteiger partial charge on any atom is -0.294 e. The molecule has 2 nitrogen and oxygen atoms in total. The van der Waals surface area contributed by atoms with Gasteiger partial charge in [0.2, 0.25) is 0 Å². The standard InChI is InChI=1S/C18H25NOS/c1-12-10-17(19-14(3)21)13(2)9-16(12)18(20)11-15-7-5-4-6-8-15/h9-10,15H,4-8,11H2,1-3H3,(H,19,21). The van der Waals surface area contributed by atoms with Crippen molar-refractivity contribution in [2.45, 2.75) is 59.3 Å². The van der Waals surface area contributed by atoms with E-state index in [1.165, 1.54) is 32.1 Å². The van der Waals surface area contributed by atoms with E-state index in [-0.39, 0.29) is 0 Å². The number of thiol groups is 1. The third-order valence-corrected chi connectivity index (χ3v) is 4.42. The van der Waals surface area contributed by atoms with Crippen molar-refractivity contribution in [3.8, 4) is 0 Å². The molecule has 0 saturated heterocycles. The number of Topliss-reactive ketones (excluding diaryl/α,β-unsaturated/α-hetero) is 1. The predicted octanol–water partition coefficient (Wildman–Crippen LogP) is 5.44. The number of benzene rings is 1. The molecule has 1 aliphatic carbocycles.